The van der Waals surface area contributed by atoms with Gasteiger partial charge < -0.3 is 11.1 Å². The van der Waals surface area contributed by atoms with Crippen molar-refractivity contribution in [2.75, 3.05) is 32.7 Å². The molecule has 1 aliphatic rings. The van der Waals surface area contributed by atoms with Crippen LogP contribution in [0.4, 0.5) is 0 Å². The fraction of sp³-hybridized carbons (Fsp3) is 0.562. The van der Waals surface area contributed by atoms with Gasteiger partial charge in [-0.3, -0.25) is 9.89 Å². The molecule has 148 valence electrons. The first-order chi connectivity index (χ1) is 11.9. The Morgan fingerprint density at radius 2 is 2.19 bits per heavy atom. The van der Waals surface area contributed by atoms with Gasteiger partial charge in [0, 0.05) is 24.2 Å². The van der Waals surface area contributed by atoms with Gasteiger partial charge in [0.05, 0.1) is 11.4 Å². The Labute approximate surface area is 177 Å². The van der Waals surface area contributed by atoms with Crippen molar-refractivity contribution in [1.29, 1.82) is 0 Å². The smallest absolute Gasteiger partial charge is 0.240 e. The van der Waals surface area contributed by atoms with Crippen LogP contribution in [0.15, 0.2) is 34.2 Å². The van der Waals surface area contributed by atoms with Crippen LogP contribution in [0.5, 0.6) is 0 Å². The van der Waals surface area contributed by atoms with E-state index in [1.807, 2.05) is 0 Å². The second-order valence-electron chi connectivity index (χ2n) is 5.93. The van der Waals surface area contributed by atoms with Crippen molar-refractivity contribution in [3.63, 3.8) is 0 Å². The Kier molecular flexibility index (Phi) is 10.2. The zero-order valence-electron chi connectivity index (χ0n) is 14.8. The molecule has 0 bridgehead atoms. The molecule has 10 heteroatoms. The summed E-state index contributed by atoms with van der Waals surface area (Å²) in [5.74, 6) is 0.338. The Balaban J connectivity index is 0.00000338. The van der Waals surface area contributed by atoms with Crippen molar-refractivity contribution in [2.45, 2.75) is 30.7 Å². The van der Waals surface area contributed by atoms with E-state index < -0.39 is 10.0 Å². The molecule has 0 aromatic heterocycles. The molecule has 1 aliphatic heterocycles. The molecule has 1 unspecified atom stereocenters. The van der Waals surface area contributed by atoms with Gasteiger partial charge in [-0.15, -0.1) is 24.0 Å². The van der Waals surface area contributed by atoms with E-state index in [0.717, 1.165) is 19.5 Å². The molecule has 1 heterocycles. The third-order valence-electron chi connectivity index (χ3n) is 4.21. The molecule has 7 nitrogen and oxygen atoms in total. The fourth-order valence-corrected chi connectivity index (χ4v) is 4.20. The minimum atomic E-state index is -3.58. The van der Waals surface area contributed by atoms with E-state index in [1.165, 1.54) is 18.6 Å². The van der Waals surface area contributed by atoms with Crippen molar-refractivity contribution in [3.8, 4) is 0 Å². The molecule has 4 N–H and O–H groups in total. The van der Waals surface area contributed by atoms with Gasteiger partial charge in [0.2, 0.25) is 10.0 Å². The average Bonchev–Trinajstić information content (AvgIpc) is 3.04. The Morgan fingerprint density at radius 1 is 1.42 bits per heavy atom. The van der Waals surface area contributed by atoms with Gasteiger partial charge in [-0.05, 0) is 44.1 Å². The topological polar surface area (TPSA) is 99.8 Å². The quantitative estimate of drug-likeness (QED) is 0.211. The van der Waals surface area contributed by atoms with Crippen molar-refractivity contribution in [1.82, 2.24) is 14.9 Å². The second kappa shape index (κ2) is 11.3. The van der Waals surface area contributed by atoms with Crippen LogP contribution in [-0.4, -0.2) is 58.0 Å². The number of likely N-dealkylation sites (N-methyl/N-ethyl adjacent to an activating group) is 1. The molecule has 1 saturated heterocycles. The molecule has 1 atom stereocenters. The zero-order chi connectivity index (χ0) is 18.3. The lowest BCUT2D eigenvalue weighted by atomic mass is 10.2. The SMILES string of the molecule is CCN1CCCC1CN=C(N)NCCNS(=O)(=O)c1cccc(Cl)c1.I. The summed E-state index contributed by atoms with van der Waals surface area (Å²) in [5.41, 5.74) is 5.85. The largest absolute Gasteiger partial charge is 0.370 e. The second-order valence-corrected chi connectivity index (χ2v) is 8.14. The number of benzene rings is 1. The van der Waals surface area contributed by atoms with Crippen LogP contribution in [0.1, 0.15) is 19.8 Å². The number of nitrogens with two attached hydrogens (primary N) is 1. The summed E-state index contributed by atoms with van der Waals surface area (Å²) in [5, 5.41) is 3.31. The maximum absolute atomic E-state index is 12.1. The van der Waals surface area contributed by atoms with Gasteiger partial charge in [-0.1, -0.05) is 24.6 Å². The van der Waals surface area contributed by atoms with E-state index in [0.29, 0.717) is 30.1 Å². The number of hydrogen-bond acceptors (Lipinski definition) is 4. The average molecular weight is 516 g/mol. The van der Waals surface area contributed by atoms with Crippen LogP contribution in [0, 0.1) is 0 Å². The molecule has 0 aliphatic carbocycles. The highest BCUT2D eigenvalue weighted by Crippen LogP contribution is 2.16. The van der Waals surface area contributed by atoms with Gasteiger partial charge in [-0.2, -0.15) is 0 Å². The van der Waals surface area contributed by atoms with E-state index in [9.17, 15) is 8.42 Å². The normalized spacial score (nSPS) is 18.5. The number of likely N-dealkylation sites (tertiary alicyclic amines) is 1. The molecule has 0 amide bonds. The first-order valence-electron chi connectivity index (χ1n) is 8.45. The lowest BCUT2D eigenvalue weighted by Gasteiger charge is -2.20. The van der Waals surface area contributed by atoms with Crippen LogP contribution < -0.4 is 15.8 Å². The molecule has 0 radical (unpaired) electrons. The minimum Gasteiger partial charge on any atom is -0.370 e. The number of nitrogens with zero attached hydrogens (tertiary/aromatic N) is 2. The summed E-state index contributed by atoms with van der Waals surface area (Å²) in [6.07, 6.45) is 2.34. The zero-order valence-corrected chi connectivity index (χ0v) is 18.7. The van der Waals surface area contributed by atoms with Gasteiger partial charge in [0.25, 0.3) is 0 Å². The molecule has 2 rings (SSSR count). The fourth-order valence-electron chi connectivity index (χ4n) is 2.87. The maximum Gasteiger partial charge on any atom is 0.240 e. The van der Waals surface area contributed by atoms with Gasteiger partial charge >= 0.3 is 0 Å². The number of aliphatic imine (C=N–C) groups is 1. The summed E-state index contributed by atoms with van der Waals surface area (Å²) in [6, 6.07) is 6.59. The van der Waals surface area contributed by atoms with Crippen molar-refractivity contribution in [2.24, 2.45) is 10.7 Å². The van der Waals surface area contributed by atoms with Crippen molar-refractivity contribution < 1.29 is 8.42 Å². The number of hydrogen-bond donors (Lipinski definition) is 3. The number of halogens is 2. The molecular weight excluding hydrogens is 489 g/mol. The predicted octanol–water partition coefficient (Wildman–Crippen LogP) is 1.62. The number of nitrogens with one attached hydrogen (secondary N) is 2. The lowest BCUT2D eigenvalue weighted by Crippen LogP contribution is -2.39. The minimum absolute atomic E-state index is 0. The highest BCUT2D eigenvalue weighted by atomic mass is 127. The standard InChI is InChI=1S/C16H26ClN5O2S.HI/c1-2-22-10-4-6-14(22)12-20-16(18)19-8-9-21-25(23,24)15-7-3-5-13(17)11-15;/h3,5,7,11,14,21H,2,4,6,8-10,12H2,1H3,(H3,18,19,20);1H. The van der Waals surface area contributed by atoms with E-state index in [-0.39, 0.29) is 35.4 Å². The van der Waals surface area contributed by atoms with E-state index in [4.69, 9.17) is 17.3 Å². The van der Waals surface area contributed by atoms with Crippen LogP contribution in [0.3, 0.4) is 0 Å². The molecule has 26 heavy (non-hydrogen) atoms. The van der Waals surface area contributed by atoms with E-state index >= 15 is 0 Å². The van der Waals surface area contributed by atoms with Crippen molar-refractivity contribution in [3.05, 3.63) is 29.3 Å². The van der Waals surface area contributed by atoms with Crippen LogP contribution in [0.2, 0.25) is 5.02 Å². The van der Waals surface area contributed by atoms with Crippen LogP contribution >= 0.6 is 35.6 Å². The Morgan fingerprint density at radius 3 is 2.88 bits per heavy atom. The summed E-state index contributed by atoms with van der Waals surface area (Å²) in [7, 11) is -3.58. The molecule has 1 fully saturated rings. The number of rotatable bonds is 8. The van der Waals surface area contributed by atoms with Crippen molar-refractivity contribution >= 4 is 51.6 Å². The van der Waals surface area contributed by atoms with E-state index in [2.05, 4.69) is 26.9 Å². The first-order valence-corrected chi connectivity index (χ1v) is 10.3. The van der Waals surface area contributed by atoms with Gasteiger partial charge in [0.1, 0.15) is 0 Å². The molecule has 0 saturated carbocycles. The Hall–Kier alpha value is -0.620. The molecular formula is C16H27ClIN5O2S. The molecule has 0 spiro atoms. The lowest BCUT2D eigenvalue weighted by molar-refractivity contribution is 0.273. The number of guanidine groups is 1. The highest BCUT2D eigenvalue weighted by Gasteiger charge is 2.22. The van der Waals surface area contributed by atoms with Gasteiger partial charge in [-0.25, -0.2) is 13.1 Å². The summed E-state index contributed by atoms with van der Waals surface area (Å²) < 4.78 is 26.8. The highest BCUT2D eigenvalue weighted by molar-refractivity contribution is 14.0. The van der Waals surface area contributed by atoms with Crippen LogP contribution in [-0.2, 0) is 10.0 Å². The third-order valence-corrected chi connectivity index (χ3v) is 5.90. The molecule has 1 aromatic carbocycles. The monoisotopic (exact) mass is 515 g/mol. The number of sulfonamides is 1. The Bertz CT molecular complexity index is 702. The summed E-state index contributed by atoms with van der Waals surface area (Å²) in [6.45, 7) is 5.53. The summed E-state index contributed by atoms with van der Waals surface area (Å²) in [4.78, 5) is 6.90. The maximum atomic E-state index is 12.1. The molecule has 1 aromatic rings. The third kappa shape index (κ3) is 7.18. The summed E-state index contributed by atoms with van der Waals surface area (Å²) >= 11 is 5.82. The van der Waals surface area contributed by atoms with Gasteiger partial charge in [0.15, 0.2) is 5.96 Å². The first kappa shape index (κ1) is 23.4. The van der Waals surface area contributed by atoms with E-state index in [1.54, 1.807) is 12.1 Å². The predicted molar refractivity (Wildman–Crippen MR) is 117 cm³/mol. The van der Waals surface area contributed by atoms with Crippen LogP contribution in [0.25, 0.3) is 0 Å².